The molecule has 1 aliphatic rings. The smallest absolute Gasteiger partial charge is 0.416 e. The van der Waals surface area contributed by atoms with Crippen LogP contribution in [0.5, 0.6) is 5.75 Å². The maximum Gasteiger partial charge on any atom is 0.416 e. The minimum Gasteiger partial charge on any atom is -0.489 e. The van der Waals surface area contributed by atoms with Crippen molar-refractivity contribution in [2.75, 3.05) is 41.9 Å². The van der Waals surface area contributed by atoms with E-state index in [4.69, 9.17) is 4.74 Å². The Labute approximate surface area is 198 Å². The summed E-state index contributed by atoms with van der Waals surface area (Å²) in [6.45, 7) is 4.43. The van der Waals surface area contributed by atoms with E-state index >= 15 is 0 Å². The Morgan fingerprint density at radius 2 is 1.88 bits per heavy atom. The first-order valence-corrected chi connectivity index (χ1v) is 12.9. The molecule has 0 unspecified atom stereocenters. The van der Waals surface area contributed by atoms with Gasteiger partial charge in [-0.2, -0.15) is 24.9 Å². The van der Waals surface area contributed by atoms with Crippen LogP contribution in [-0.4, -0.2) is 41.7 Å². The number of rotatable bonds is 11. The van der Waals surface area contributed by atoms with Gasteiger partial charge in [-0.1, -0.05) is 19.3 Å². The molecule has 0 saturated heterocycles. The molecule has 0 atom stereocenters. The van der Waals surface area contributed by atoms with Gasteiger partial charge in [0.05, 0.1) is 24.6 Å². The molecule has 0 bridgehead atoms. The fourth-order valence-corrected chi connectivity index (χ4v) is 4.44. The van der Waals surface area contributed by atoms with Crippen molar-refractivity contribution in [2.24, 2.45) is 5.92 Å². The second-order valence-corrected chi connectivity index (χ2v) is 9.31. The maximum absolute atomic E-state index is 13.4. The molecular formula is C24H33F3N4OS. The zero-order valence-electron chi connectivity index (χ0n) is 19.3. The first-order chi connectivity index (χ1) is 15.9. The third kappa shape index (κ3) is 7.69. The number of ether oxygens (including phenoxy) is 1. The van der Waals surface area contributed by atoms with Crippen molar-refractivity contribution in [1.29, 1.82) is 0 Å². The van der Waals surface area contributed by atoms with Gasteiger partial charge in [-0.15, -0.1) is 0 Å². The van der Waals surface area contributed by atoms with Crippen LogP contribution < -0.4 is 15.0 Å². The van der Waals surface area contributed by atoms with Gasteiger partial charge in [-0.25, -0.2) is 9.97 Å². The zero-order valence-corrected chi connectivity index (χ0v) is 20.1. The second-order valence-electron chi connectivity index (χ2n) is 8.32. The van der Waals surface area contributed by atoms with Gasteiger partial charge in [0.15, 0.2) is 5.75 Å². The summed E-state index contributed by atoms with van der Waals surface area (Å²) in [4.78, 5) is 10.7. The van der Waals surface area contributed by atoms with Gasteiger partial charge in [-0.3, -0.25) is 0 Å². The van der Waals surface area contributed by atoms with E-state index in [-0.39, 0.29) is 6.54 Å². The van der Waals surface area contributed by atoms with E-state index in [1.807, 2.05) is 6.26 Å². The number of anilines is 2. The second kappa shape index (κ2) is 12.3. The number of nitrogens with one attached hydrogen (secondary N) is 1. The number of alkyl halides is 3. The zero-order chi connectivity index (χ0) is 23.7. The summed E-state index contributed by atoms with van der Waals surface area (Å²) in [5.74, 6) is 2.38. The minimum absolute atomic E-state index is 0.201. The minimum atomic E-state index is -4.39. The fourth-order valence-electron chi connectivity index (χ4n) is 4.19. The van der Waals surface area contributed by atoms with Crippen LogP contribution in [0.2, 0.25) is 0 Å². The Morgan fingerprint density at radius 1 is 1.15 bits per heavy atom. The Kier molecular flexibility index (Phi) is 9.52. The summed E-state index contributed by atoms with van der Waals surface area (Å²) in [6, 6.07) is 4.03. The van der Waals surface area contributed by atoms with Crippen molar-refractivity contribution < 1.29 is 17.9 Å². The Bertz CT molecular complexity index is 858. The molecule has 9 heteroatoms. The molecular weight excluding hydrogens is 449 g/mol. The summed E-state index contributed by atoms with van der Waals surface area (Å²) in [6.07, 6.45) is 6.88. The van der Waals surface area contributed by atoms with E-state index in [2.05, 4.69) is 27.1 Å². The first kappa shape index (κ1) is 25.5. The third-order valence-electron chi connectivity index (χ3n) is 5.95. The average Bonchev–Trinajstić information content (AvgIpc) is 2.82. The van der Waals surface area contributed by atoms with E-state index in [9.17, 15) is 13.2 Å². The number of halogens is 3. The van der Waals surface area contributed by atoms with E-state index < -0.39 is 11.7 Å². The van der Waals surface area contributed by atoms with Gasteiger partial charge < -0.3 is 15.0 Å². The fraction of sp³-hybridized carbons (Fsp3) is 0.583. The highest BCUT2D eigenvalue weighted by atomic mass is 32.2. The van der Waals surface area contributed by atoms with Crippen LogP contribution in [0, 0.1) is 5.92 Å². The lowest BCUT2D eigenvalue weighted by Gasteiger charge is -2.32. The van der Waals surface area contributed by atoms with Crippen molar-refractivity contribution in [1.82, 2.24) is 9.97 Å². The van der Waals surface area contributed by atoms with Crippen LogP contribution in [0.1, 0.15) is 50.2 Å². The molecule has 1 fully saturated rings. The van der Waals surface area contributed by atoms with Crippen LogP contribution in [0.15, 0.2) is 30.6 Å². The SMILES string of the molecule is CCN(CC1CCCCC1)c1ccc(C(F)(F)F)cc1CNc1ncc(OCCSC)cn1. The molecule has 1 aromatic carbocycles. The molecule has 33 heavy (non-hydrogen) atoms. The molecule has 2 aromatic rings. The van der Waals surface area contributed by atoms with Crippen LogP contribution in [0.25, 0.3) is 0 Å². The number of hydrogen-bond donors (Lipinski definition) is 1. The molecule has 0 spiro atoms. The highest BCUT2D eigenvalue weighted by Gasteiger charge is 2.31. The van der Waals surface area contributed by atoms with Gasteiger partial charge in [0.2, 0.25) is 5.95 Å². The van der Waals surface area contributed by atoms with Crippen molar-refractivity contribution >= 4 is 23.4 Å². The molecule has 182 valence electrons. The molecule has 1 N–H and O–H groups in total. The quantitative estimate of drug-likeness (QED) is 0.382. The van der Waals surface area contributed by atoms with Crippen LogP contribution >= 0.6 is 11.8 Å². The van der Waals surface area contributed by atoms with Gasteiger partial charge in [0.25, 0.3) is 0 Å². The Morgan fingerprint density at radius 3 is 2.52 bits per heavy atom. The van der Waals surface area contributed by atoms with Crippen molar-refractivity contribution in [3.05, 3.63) is 41.7 Å². The van der Waals surface area contributed by atoms with Gasteiger partial charge in [0, 0.05) is 31.1 Å². The maximum atomic E-state index is 13.4. The van der Waals surface area contributed by atoms with Gasteiger partial charge in [0.1, 0.15) is 0 Å². The molecule has 0 amide bonds. The standard InChI is InChI=1S/C24H33F3N4OS/c1-3-31(17-18-7-5-4-6-8-18)22-10-9-20(24(25,26)27)13-19(22)14-28-23-29-15-21(16-30-23)32-11-12-33-2/h9-10,13,15-16,18H,3-8,11-12,14,17H2,1-2H3,(H,28,29,30). The predicted molar refractivity (Wildman–Crippen MR) is 129 cm³/mol. The predicted octanol–water partition coefficient (Wildman–Crippen LogP) is 6.26. The molecule has 1 saturated carbocycles. The van der Waals surface area contributed by atoms with Crippen molar-refractivity contribution in [3.8, 4) is 5.75 Å². The van der Waals surface area contributed by atoms with E-state index in [0.29, 0.717) is 29.8 Å². The normalized spacial score (nSPS) is 14.8. The van der Waals surface area contributed by atoms with Gasteiger partial charge in [-0.05, 0) is 55.7 Å². The lowest BCUT2D eigenvalue weighted by atomic mass is 9.88. The lowest BCUT2D eigenvalue weighted by molar-refractivity contribution is -0.137. The molecule has 1 heterocycles. The molecule has 1 aromatic heterocycles. The highest BCUT2D eigenvalue weighted by Crippen LogP contribution is 2.34. The van der Waals surface area contributed by atoms with E-state index in [1.165, 1.54) is 44.2 Å². The molecule has 3 rings (SSSR count). The topological polar surface area (TPSA) is 50.3 Å². The molecule has 1 aliphatic carbocycles. The lowest BCUT2D eigenvalue weighted by Crippen LogP contribution is -2.31. The Balaban J connectivity index is 1.75. The number of hydrogen-bond acceptors (Lipinski definition) is 6. The first-order valence-electron chi connectivity index (χ1n) is 11.5. The molecule has 0 radical (unpaired) electrons. The number of benzene rings is 1. The summed E-state index contributed by atoms with van der Waals surface area (Å²) < 4.78 is 45.8. The summed E-state index contributed by atoms with van der Waals surface area (Å²) >= 11 is 1.69. The average molecular weight is 483 g/mol. The van der Waals surface area contributed by atoms with Crippen molar-refractivity contribution in [3.63, 3.8) is 0 Å². The third-order valence-corrected chi connectivity index (χ3v) is 6.53. The Hall–Kier alpha value is -2.16. The number of nitrogens with zero attached hydrogens (tertiary/aromatic N) is 3. The van der Waals surface area contributed by atoms with Crippen LogP contribution in [0.3, 0.4) is 0 Å². The summed E-state index contributed by atoms with van der Waals surface area (Å²) in [5.41, 5.74) is 0.780. The summed E-state index contributed by atoms with van der Waals surface area (Å²) in [5, 5.41) is 3.08. The molecule has 5 nitrogen and oxygen atoms in total. The van der Waals surface area contributed by atoms with Crippen molar-refractivity contribution in [2.45, 2.75) is 51.7 Å². The van der Waals surface area contributed by atoms with Gasteiger partial charge >= 0.3 is 6.18 Å². The monoisotopic (exact) mass is 482 g/mol. The number of thioether (sulfide) groups is 1. The van der Waals surface area contributed by atoms with E-state index in [1.54, 1.807) is 30.2 Å². The summed E-state index contributed by atoms with van der Waals surface area (Å²) in [7, 11) is 0. The van der Waals surface area contributed by atoms with Crippen LogP contribution in [-0.2, 0) is 12.7 Å². The largest absolute Gasteiger partial charge is 0.489 e. The van der Waals surface area contributed by atoms with E-state index in [0.717, 1.165) is 24.5 Å². The molecule has 0 aliphatic heterocycles. The van der Waals surface area contributed by atoms with Crippen LogP contribution in [0.4, 0.5) is 24.8 Å². The number of aromatic nitrogens is 2. The highest BCUT2D eigenvalue weighted by molar-refractivity contribution is 7.98.